The van der Waals surface area contributed by atoms with E-state index in [-0.39, 0.29) is 11.9 Å². The first kappa shape index (κ1) is 28.4. The van der Waals surface area contributed by atoms with E-state index < -0.39 is 5.91 Å². The lowest BCUT2D eigenvalue weighted by atomic mass is 9.90. The van der Waals surface area contributed by atoms with Crippen molar-refractivity contribution in [1.82, 2.24) is 15.6 Å². The molecule has 1 atom stereocenters. The Balaban J connectivity index is 1.34. The third-order valence-electron chi connectivity index (χ3n) is 8.13. The molecule has 0 spiro atoms. The Hall–Kier alpha value is -4.11. The number of nitrogens with one attached hydrogen (secondary N) is 3. The van der Waals surface area contributed by atoms with Gasteiger partial charge in [0.1, 0.15) is 17.4 Å². The van der Waals surface area contributed by atoms with Gasteiger partial charge in [0.05, 0.1) is 12.7 Å². The third kappa shape index (κ3) is 6.79. The number of hydrogen-bond donors (Lipinski definition) is 4. The maximum Gasteiger partial charge on any atom is 0.252 e. The molecule has 2 aliphatic heterocycles. The molecular formula is C32H40N6O3. The van der Waals surface area contributed by atoms with Crippen molar-refractivity contribution >= 4 is 29.1 Å². The molecular weight excluding hydrogens is 516 g/mol. The number of nitrogens with zero attached hydrogens (tertiary/aromatic N) is 2. The zero-order valence-electron chi connectivity index (χ0n) is 23.9. The van der Waals surface area contributed by atoms with Crippen LogP contribution in [0.2, 0.25) is 0 Å². The fourth-order valence-corrected chi connectivity index (χ4v) is 5.83. The summed E-state index contributed by atoms with van der Waals surface area (Å²) in [5.74, 6) is 1.90. The molecule has 41 heavy (non-hydrogen) atoms. The van der Waals surface area contributed by atoms with Crippen LogP contribution in [0.4, 0.5) is 17.3 Å². The highest BCUT2D eigenvalue weighted by Crippen LogP contribution is 2.31. The first-order valence-corrected chi connectivity index (χ1v) is 14.6. The van der Waals surface area contributed by atoms with Gasteiger partial charge in [-0.3, -0.25) is 9.59 Å². The van der Waals surface area contributed by atoms with Crippen LogP contribution in [0.5, 0.6) is 5.75 Å². The highest BCUT2D eigenvalue weighted by molar-refractivity contribution is 6.00. The Morgan fingerprint density at radius 2 is 1.80 bits per heavy atom. The van der Waals surface area contributed by atoms with Crippen molar-refractivity contribution in [1.29, 1.82) is 0 Å². The van der Waals surface area contributed by atoms with E-state index >= 15 is 0 Å². The SMILES string of the molecule is CCc1cc(N2CCCC(NC(=O)c3ccc(OC)cc3)C2)nc(Nc2ccc(C3CCNCC3)cc2)c1C(N)=O. The molecule has 2 saturated heterocycles. The highest BCUT2D eigenvalue weighted by atomic mass is 16.5. The number of primary amides is 1. The van der Waals surface area contributed by atoms with Crippen LogP contribution in [0.1, 0.15) is 70.4 Å². The van der Waals surface area contributed by atoms with Gasteiger partial charge in [0.15, 0.2) is 0 Å². The van der Waals surface area contributed by atoms with E-state index in [0.29, 0.717) is 41.6 Å². The van der Waals surface area contributed by atoms with E-state index in [1.165, 1.54) is 5.56 Å². The molecule has 9 nitrogen and oxygen atoms in total. The van der Waals surface area contributed by atoms with E-state index in [4.69, 9.17) is 15.5 Å². The molecule has 2 amide bonds. The zero-order chi connectivity index (χ0) is 28.8. The molecule has 9 heteroatoms. The molecule has 3 aromatic rings. The van der Waals surface area contributed by atoms with Crippen LogP contribution < -0.4 is 31.3 Å². The fraction of sp³-hybridized carbons (Fsp3) is 0.406. The number of anilines is 3. The molecule has 0 radical (unpaired) electrons. The average molecular weight is 557 g/mol. The normalized spacial score (nSPS) is 17.6. The van der Waals surface area contributed by atoms with Gasteiger partial charge in [-0.2, -0.15) is 0 Å². The molecule has 3 heterocycles. The molecule has 2 fully saturated rings. The van der Waals surface area contributed by atoms with Crippen molar-refractivity contribution in [2.75, 3.05) is 43.5 Å². The molecule has 5 N–H and O–H groups in total. The number of hydrogen-bond acceptors (Lipinski definition) is 7. The Bertz CT molecular complexity index is 1350. The van der Waals surface area contributed by atoms with Gasteiger partial charge in [-0.15, -0.1) is 0 Å². The largest absolute Gasteiger partial charge is 0.497 e. The highest BCUT2D eigenvalue weighted by Gasteiger charge is 2.25. The standard InChI is InChI=1S/C32H40N6O3/c1-3-21-19-28(38-18-4-5-26(20-38)36-32(40)24-8-12-27(41-2)13-9-24)37-31(29(21)30(33)39)35-25-10-6-22(7-11-25)23-14-16-34-17-15-23/h6-13,19,23,26,34H,3-5,14-18,20H2,1-2H3,(H2,33,39)(H,35,37)(H,36,40). The van der Waals surface area contributed by atoms with Gasteiger partial charge in [-0.25, -0.2) is 4.98 Å². The number of rotatable bonds is 9. The fourth-order valence-electron chi connectivity index (χ4n) is 5.83. The Labute approximate surface area is 241 Å². The smallest absolute Gasteiger partial charge is 0.252 e. The molecule has 0 saturated carbocycles. The van der Waals surface area contributed by atoms with Gasteiger partial charge in [0.2, 0.25) is 0 Å². The lowest BCUT2D eigenvalue weighted by Crippen LogP contribution is -2.48. The van der Waals surface area contributed by atoms with Crippen LogP contribution in [0.25, 0.3) is 0 Å². The number of ether oxygens (including phenoxy) is 1. The number of nitrogens with two attached hydrogens (primary N) is 1. The first-order chi connectivity index (χ1) is 19.9. The summed E-state index contributed by atoms with van der Waals surface area (Å²) in [4.78, 5) is 32.5. The zero-order valence-corrected chi connectivity index (χ0v) is 23.9. The summed E-state index contributed by atoms with van der Waals surface area (Å²) in [6.07, 6.45) is 4.71. The van der Waals surface area contributed by atoms with Gasteiger partial charge < -0.3 is 31.3 Å². The maximum absolute atomic E-state index is 12.9. The molecule has 5 rings (SSSR count). The second-order valence-electron chi connectivity index (χ2n) is 10.8. The average Bonchev–Trinajstić information content (AvgIpc) is 3.01. The van der Waals surface area contributed by atoms with Crippen LogP contribution in [-0.4, -0.2) is 56.1 Å². The molecule has 0 bridgehead atoms. The monoisotopic (exact) mass is 556 g/mol. The van der Waals surface area contributed by atoms with Gasteiger partial charge in [0, 0.05) is 30.4 Å². The van der Waals surface area contributed by atoms with Crippen molar-refractivity contribution in [3.63, 3.8) is 0 Å². The third-order valence-corrected chi connectivity index (χ3v) is 8.13. The molecule has 1 aromatic heterocycles. The number of aromatic nitrogens is 1. The van der Waals surface area contributed by atoms with Crippen LogP contribution in [0.15, 0.2) is 54.6 Å². The summed E-state index contributed by atoms with van der Waals surface area (Å²) < 4.78 is 5.20. The van der Waals surface area contributed by atoms with E-state index in [2.05, 4.69) is 33.0 Å². The minimum absolute atomic E-state index is 0.0278. The second-order valence-corrected chi connectivity index (χ2v) is 10.8. The Morgan fingerprint density at radius 1 is 1.07 bits per heavy atom. The minimum Gasteiger partial charge on any atom is -0.497 e. The summed E-state index contributed by atoms with van der Waals surface area (Å²) >= 11 is 0. The molecule has 216 valence electrons. The lowest BCUT2D eigenvalue weighted by Gasteiger charge is -2.34. The van der Waals surface area contributed by atoms with E-state index in [1.54, 1.807) is 31.4 Å². The summed E-state index contributed by atoms with van der Waals surface area (Å²) in [5, 5.41) is 9.97. The van der Waals surface area contributed by atoms with E-state index in [0.717, 1.165) is 62.4 Å². The van der Waals surface area contributed by atoms with Gasteiger partial charge in [-0.1, -0.05) is 19.1 Å². The summed E-state index contributed by atoms with van der Waals surface area (Å²) in [5.41, 5.74) is 9.90. The van der Waals surface area contributed by atoms with Crippen LogP contribution >= 0.6 is 0 Å². The molecule has 2 aliphatic rings. The van der Waals surface area contributed by atoms with Crippen molar-refractivity contribution in [2.24, 2.45) is 5.73 Å². The van der Waals surface area contributed by atoms with Crippen molar-refractivity contribution in [3.8, 4) is 5.75 Å². The van der Waals surface area contributed by atoms with Gasteiger partial charge in [0.25, 0.3) is 11.8 Å². The summed E-state index contributed by atoms with van der Waals surface area (Å²) in [6, 6.07) is 17.5. The van der Waals surface area contributed by atoms with Crippen LogP contribution in [0, 0.1) is 0 Å². The number of amides is 2. The van der Waals surface area contributed by atoms with Crippen molar-refractivity contribution in [3.05, 3.63) is 76.9 Å². The number of aryl methyl sites for hydroxylation is 1. The summed E-state index contributed by atoms with van der Waals surface area (Å²) in [7, 11) is 1.60. The Kier molecular flexibility index (Phi) is 9.04. The van der Waals surface area contributed by atoms with Crippen LogP contribution in [-0.2, 0) is 6.42 Å². The predicted octanol–water partition coefficient (Wildman–Crippen LogP) is 4.36. The van der Waals surface area contributed by atoms with Gasteiger partial charge >= 0.3 is 0 Å². The number of piperidine rings is 2. The second kappa shape index (κ2) is 13.0. The molecule has 0 aliphatic carbocycles. The topological polar surface area (TPSA) is 122 Å². The Morgan fingerprint density at radius 3 is 2.46 bits per heavy atom. The van der Waals surface area contributed by atoms with Crippen molar-refractivity contribution < 1.29 is 14.3 Å². The van der Waals surface area contributed by atoms with Crippen molar-refractivity contribution in [2.45, 2.75) is 51.0 Å². The lowest BCUT2D eigenvalue weighted by molar-refractivity contribution is 0.0932. The van der Waals surface area contributed by atoms with Gasteiger partial charge in [-0.05, 0) is 105 Å². The number of benzene rings is 2. The van der Waals surface area contributed by atoms with E-state index in [9.17, 15) is 9.59 Å². The number of pyridine rings is 1. The quantitative estimate of drug-likeness (QED) is 0.309. The van der Waals surface area contributed by atoms with E-state index in [1.807, 2.05) is 25.1 Å². The molecule has 2 aromatic carbocycles. The summed E-state index contributed by atoms with van der Waals surface area (Å²) in [6.45, 7) is 5.54. The number of methoxy groups -OCH3 is 1. The van der Waals surface area contributed by atoms with Crippen LogP contribution in [0.3, 0.4) is 0 Å². The predicted molar refractivity (Wildman–Crippen MR) is 162 cm³/mol. The number of carbonyl (C=O) groups excluding carboxylic acids is 2. The molecule has 1 unspecified atom stereocenters. The minimum atomic E-state index is -0.502. The number of carbonyl (C=O) groups is 2. The first-order valence-electron chi connectivity index (χ1n) is 14.6. The maximum atomic E-state index is 12.9.